The fourth-order valence-electron chi connectivity index (χ4n) is 3.91. The van der Waals surface area contributed by atoms with Crippen LogP contribution in [0.1, 0.15) is 50.8 Å². The number of esters is 1. The largest absolute Gasteiger partial charge is 0.447 e. The van der Waals surface area contributed by atoms with Gasteiger partial charge >= 0.3 is 12.1 Å². The number of nitrogens with one attached hydrogen (secondary N) is 1. The first-order valence-electron chi connectivity index (χ1n) is 11.4. The molecule has 1 atom stereocenters. The molecule has 1 aliphatic heterocycles. The summed E-state index contributed by atoms with van der Waals surface area (Å²) in [5.41, 5.74) is -0.460. The van der Waals surface area contributed by atoms with Gasteiger partial charge in [-0.05, 0) is 36.8 Å². The minimum absolute atomic E-state index is 0.0382. The molecule has 1 heterocycles. The summed E-state index contributed by atoms with van der Waals surface area (Å²) in [6.45, 7) is -0.0382. The van der Waals surface area contributed by atoms with Gasteiger partial charge in [0.2, 0.25) is 6.10 Å². The van der Waals surface area contributed by atoms with Crippen molar-refractivity contribution in [2.24, 2.45) is 0 Å². The number of imide groups is 1. The molecule has 0 bridgehead atoms. The Balaban J connectivity index is 1.43. The number of carbonyl (C=O) groups excluding carboxylic acids is 4. The highest BCUT2D eigenvalue weighted by Crippen LogP contribution is 2.34. The molecule has 3 amide bonds. The fraction of sp³-hybridized carbons (Fsp3) is 0.185. The number of rotatable bonds is 8. The fourth-order valence-corrected chi connectivity index (χ4v) is 4.08. The molecule has 196 valence electrons. The van der Waals surface area contributed by atoms with E-state index in [2.05, 4.69) is 5.32 Å². The van der Waals surface area contributed by atoms with Crippen molar-refractivity contribution in [3.05, 3.63) is 100 Å². The Kier molecular flexibility index (Phi) is 7.82. The van der Waals surface area contributed by atoms with Gasteiger partial charge in [-0.15, -0.1) is 0 Å². The lowest BCUT2D eigenvalue weighted by atomic mass is 10.1. The molecule has 0 saturated heterocycles. The number of halogens is 4. The smallest absolute Gasteiger partial charge is 0.416 e. The van der Waals surface area contributed by atoms with E-state index >= 15 is 0 Å². The molecule has 0 aliphatic carbocycles. The predicted octanol–water partition coefficient (Wildman–Crippen LogP) is 5.66. The van der Waals surface area contributed by atoms with Crippen molar-refractivity contribution in [2.45, 2.75) is 25.1 Å². The maximum absolute atomic E-state index is 13.1. The summed E-state index contributed by atoms with van der Waals surface area (Å²) in [4.78, 5) is 51.6. The topological polar surface area (TPSA) is 92.8 Å². The highest BCUT2D eigenvalue weighted by molar-refractivity contribution is 6.33. The van der Waals surface area contributed by atoms with Crippen LogP contribution in [-0.4, -0.2) is 35.1 Å². The minimum atomic E-state index is -4.66. The van der Waals surface area contributed by atoms with Crippen molar-refractivity contribution in [1.29, 1.82) is 0 Å². The van der Waals surface area contributed by atoms with Crippen LogP contribution in [0.3, 0.4) is 0 Å². The summed E-state index contributed by atoms with van der Waals surface area (Å²) in [5, 5.41) is 2.17. The molecule has 11 heteroatoms. The van der Waals surface area contributed by atoms with Crippen molar-refractivity contribution < 1.29 is 37.1 Å². The van der Waals surface area contributed by atoms with Crippen LogP contribution < -0.4 is 5.32 Å². The normalized spacial score (nSPS) is 13.7. The summed E-state index contributed by atoms with van der Waals surface area (Å²) in [6, 6.07) is 16.8. The van der Waals surface area contributed by atoms with Gasteiger partial charge in [0.1, 0.15) is 0 Å². The number of hydrogen-bond donors (Lipinski definition) is 1. The zero-order chi connectivity index (χ0) is 27.4. The second kappa shape index (κ2) is 11.1. The Morgan fingerprint density at radius 3 is 2.13 bits per heavy atom. The lowest BCUT2D eigenvalue weighted by Crippen LogP contribution is -2.31. The second-order valence-electron chi connectivity index (χ2n) is 8.37. The first-order chi connectivity index (χ1) is 18.1. The molecule has 3 aromatic rings. The van der Waals surface area contributed by atoms with E-state index in [0.717, 1.165) is 17.0 Å². The Morgan fingerprint density at radius 2 is 1.53 bits per heavy atom. The number of alkyl halides is 3. The van der Waals surface area contributed by atoms with Gasteiger partial charge in [0.15, 0.2) is 0 Å². The van der Waals surface area contributed by atoms with Gasteiger partial charge in [0.05, 0.1) is 27.4 Å². The van der Waals surface area contributed by atoms with Gasteiger partial charge < -0.3 is 10.1 Å². The van der Waals surface area contributed by atoms with E-state index in [-0.39, 0.29) is 46.8 Å². The van der Waals surface area contributed by atoms with E-state index in [1.165, 1.54) is 12.1 Å². The van der Waals surface area contributed by atoms with Gasteiger partial charge in [-0.1, -0.05) is 54.1 Å². The lowest BCUT2D eigenvalue weighted by molar-refractivity contribution is -0.154. The average molecular weight is 545 g/mol. The van der Waals surface area contributed by atoms with Crippen molar-refractivity contribution in [1.82, 2.24) is 4.90 Å². The first kappa shape index (κ1) is 26.9. The van der Waals surface area contributed by atoms with Crippen LogP contribution >= 0.6 is 11.6 Å². The van der Waals surface area contributed by atoms with E-state index in [1.54, 1.807) is 42.5 Å². The van der Waals surface area contributed by atoms with Crippen LogP contribution in [0, 0.1) is 0 Å². The SMILES string of the molecule is O=C(CCCN1C(=O)c2ccccc2C1=O)OC(C(=O)Nc1cc(C(F)(F)F)ccc1Cl)c1ccccc1. The monoisotopic (exact) mass is 544 g/mol. The number of carbonyl (C=O) groups is 4. The lowest BCUT2D eigenvalue weighted by Gasteiger charge is -2.19. The molecular formula is C27H20ClF3N2O5. The molecule has 0 saturated carbocycles. The first-order valence-corrected chi connectivity index (χ1v) is 11.8. The molecule has 0 spiro atoms. The maximum atomic E-state index is 13.1. The average Bonchev–Trinajstić information content (AvgIpc) is 3.13. The third-order valence-electron chi connectivity index (χ3n) is 5.78. The number of hydrogen-bond acceptors (Lipinski definition) is 5. The van der Waals surface area contributed by atoms with E-state index in [1.807, 2.05) is 0 Å². The molecule has 1 N–H and O–H groups in total. The molecule has 0 radical (unpaired) electrons. The molecule has 38 heavy (non-hydrogen) atoms. The molecular weight excluding hydrogens is 525 g/mol. The number of benzene rings is 3. The van der Waals surface area contributed by atoms with Crippen molar-refractivity contribution in [2.75, 3.05) is 11.9 Å². The van der Waals surface area contributed by atoms with Crippen LogP contribution in [0.15, 0.2) is 72.8 Å². The maximum Gasteiger partial charge on any atom is 0.416 e. The summed E-state index contributed by atoms with van der Waals surface area (Å²) >= 11 is 5.99. The Morgan fingerprint density at radius 1 is 0.921 bits per heavy atom. The summed E-state index contributed by atoms with van der Waals surface area (Å²) in [5.74, 6) is -2.64. The quantitative estimate of drug-likeness (QED) is 0.292. The Bertz CT molecular complexity index is 1360. The van der Waals surface area contributed by atoms with Gasteiger partial charge in [-0.2, -0.15) is 13.2 Å². The Hall–Kier alpha value is -4.18. The zero-order valence-corrected chi connectivity index (χ0v) is 20.4. The predicted molar refractivity (Wildman–Crippen MR) is 131 cm³/mol. The number of amides is 3. The van der Waals surface area contributed by atoms with Crippen molar-refractivity contribution in [3.63, 3.8) is 0 Å². The number of anilines is 1. The molecule has 0 aromatic heterocycles. The van der Waals surface area contributed by atoms with Gasteiger partial charge in [-0.25, -0.2) is 0 Å². The highest BCUT2D eigenvalue weighted by Gasteiger charge is 2.35. The summed E-state index contributed by atoms with van der Waals surface area (Å²) in [6.07, 6.45) is -6.30. The molecule has 3 aromatic carbocycles. The minimum Gasteiger partial charge on any atom is -0.447 e. The van der Waals surface area contributed by atoms with E-state index in [9.17, 15) is 32.3 Å². The number of ether oxygens (including phenoxy) is 1. The number of fused-ring (bicyclic) bond motifs is 1. The van der Waals surface area contributed by atoms with Crippen LogP contribution in [0.4, 0.5) is 18.9 Å². The molecule has 7 nitrogen and oxygen atoms in total. The van der Waals surface area contributed by atoms with Crippen molar-refractivity contribution >= 4 is 41.0 Å². The summed E-state index contributed by atoms with van der Waals surface area (Å²) < 4.78 is 44.7. The van der Waals surface area contributed by atoms with Crippen LogP contribution in [0.5, 0.6) is 0 Å². The Labute approximate surface area is 220 Å². The molecule has 0 fully saturated rings. The van der Waals surface area contributed by atoms with Crippen LogP contribution in [0.2, 0.25) is 5.02 Å². The zero-order valence-electron chi connectivity index (χ0n) is 19.6. The van der Waals surface area contributed by atoms with E-state index in [0.29, 0.717) is 6.07 Å². The summed E-state index contributed by atoms with van der Waals surface area (Å²) in [7, 11) is 0. The van der Waals surface area contributed by atoms with Crippen LogP contribution in [0.25, 0.3) is 0 Å². The number of nitrogens with zero attached hydrogens (tertiary/aromatic N) is 1. The third kappa shape index (κ3) is 5.86. The molecule has 4 rings (SSSR count). The van der Waals surface area contributed by atoms with Gasteiger partial charge in [-0.3, -0.25) is 24.1 Å². The third-order valence-corrected chi connectivity index (χ3v) is 6.11. The van der Waals surface area contributed by atoms with Crippen LogP contribution in [-0.2, 0) is 20.5 Å². The van der Waals surface area contributed by atoms with E-state index < -0.39 is 41.5 Å². The molecule has 1 aliphatic rings. The second-order valence-corrected chi connectivity index (χ2v) is 8.78. The highest BCUT2D eigenvalue weighted by atomic mass is 35.5. The molecule has 1 unspecified atom stereocenters. The van der Waals surface area contributed by atoms with Gasteiger partial charge in [0.25, 0.3) is 17.7 Å². The van der Waals surface area contributed by atoms with E-state index in [4.69, 9.17) is 16.3 Å². The van der Waals surface area contributed by atoms with Gasteiger partial charge in [0, 0.05) is 18.5 Å². The standard InChI is InChI=1S/C27H20ClF3N2O5/c28-20-13-12-17(27(29,30)31)15-21(20)32-24(35)23(16-7-2-1-3-8-16)38-22(34)11-6-14-33-25(36)18-9-4-5-10-19(18)26(33)37/h1-5,7-10,12-13,15,23H,6,11,14H2,(H,32,35). The van der Waals surface area contributed by atoms with Crippen molar-refractivity contribution in [3.8, 4) is 0 Å².